The van der Waals surface area contributed by atoms with Gasteiger partial charge >= 0.3 is 17.1 Å². The van der Waals surface area contributed by atoms with Crippen LogP contribution in [0.5, 0.6) is 0 Å². The molecule has 14 N–H and O–H groups in total. The molecular weight excluding hydrogens is 483 g/mol. The van der Waals surface area contributed by atoms with Crippen molar-refractivity contribution < 1.29 is 46.5 Å². The summed E-state index contributed by atoms with van der Waals surface area (Å²) in [6.07, 6.45) is 1.24. The van der Waals surface area contributed by atoms with Gasteiger partial charge in [-0.05, 0) is 25.7 Å². The van der Waals surface area contributed by atoms with Crippen LogP contribution in [0.4, 0.5) is 0 Å². The molecule has 0 aliphatic heterocycles. The second kappa shape index (κ2) is 20.7. The number of hydrogen-bond acceptors (Lipinski definition) is 10. The fraction of sp³-hybridized carbons (Fsp3) is 0.625. The van der Waals surface area contributed by atoms with E-state index in [0.717, 1.165) is 0 Å². The average molecular weight is 515 g/mol. The first kappa shape index (κ1) is 34.5. The van der Waals surface area contributed by atoms with Crippen molar-refractivity contribution in [2.45, 2.75) is 37.8 Å². The summed E-state index contributed by atoms with van der Waals surface area (Å²) in [4.78, 5) is 43.0. The van der Waals surface area contributed by atoms with E-state index in [9.17, 15) is 29.4 Å². The second-order valence-electron chi connectivity index (χ2n) is 6.25. The zero-order chi connectivity index (χ0) is 25.1. The number of amides is 2. The topological polar surface area (TPSA) is 314 Å². The smallest absolute Gasteiger partial charge is 0.548 e. The second-order valence-corrected chi connectivity index (χ2v) is 6.25. The van der Waals surface area contributed by atoms with E-state index in [4.69, 9.17) is 33.8 Å². The molecule has 1 radical (unpaired) electrons. The third-order valence-electron chi connectivity index (χ3n) is 3.58. The summed E-state index contributed by atoms with van der Waals surface area (Å²) in [5.41, 5.74) is 20.1. The zero-order valence-corrected chi connectivity index (χ0v) is 19.1. The molecule has 0 aromatic heterocycles. The number of carboxylic acid groups (broad SMARTS) is 2. The molecular formula is C16H32MnN10O6. The molecule has 0 aliphatic carbocycles. The molecule has 16 nitrogen and oxygen atoms in total. The number of carboxylic acids is 2. The number of carbonyl (C=O) groups is 4. The molecule has 189 valence electrons. The summed E-state index contributed by atoms with van der Waals surface area (Å²) >= 11 is 0. The Labute approximate surface area is 201 Å². The summed E-state index contributed by atoms with van der Waals surface area (Å²) < 4.78 is 0. The van der Waals surface area contributed by atoms with E-state index >= 15 is 0 Å². The van der Waals surface area contributed by atoms with Gasteiger partial charge in [-0.15, -0.1) is 0 Å². The molecule has 0 heterocycles. The van der Waals surface area contributed by atoms with Crippen LogP contribution in [0.1, 0.15) is 25.7 Å². The minimum Gasteiger partial charge on any atom is -0.548 e. The van der Waals surface area contributed by atoms with E-state index in [2.05, 4.69) is 21.3 Å². The first-order valence-electron chi connectivity index (χ1n) is 9.50. The van der Waals surface area contributed by atoms with Crippen LogP contribution in [0, 0.1) is 10.8 Å². The molecule has 0 fully saturated rings. The van der Waals surface area contributed by atoms with E-state index in [1.54, 1.807) is 0 Å². The molecule has 2 atom stereocenters. The molecule has 0 saturated heterocycles. The minimum absolute atomic E-state index is 0. The number of hydrogen-bond donors (Lipinski definition) is 10. The maximum atomic E-state index is 10.9. The third-order valence-corrected chi connectivity index (χ3v) is 3.58. The number of nitrogens with two attached hydrogens (primary N) is 4. The zero-order valence-electron chi connectivity index (χ0n) is 17.9. The molecule has 0 bridgehead atoms. The Morgan fingerprint density at radius 3 is 1.24 bits per heavy atom. The average Bonchev–Trinajstić information content (AvgIpc) is 2.71. The number of rotatable bonds is 14. The molecule has 0 unspecified atom stereocenters. The standard InChI is InChI=1S/2C8H17N5O3.Mn/c2*9-4-6(14)13-5(7(15)16)2-1-3-12-8(10)11;/h2*5H,1-4,9H2,(H,13,14)(H,15,16)(H4,10,11,12);/q;;+2/p-2/t2*5-;/m00./s1. The van der Waals surface area contributed by atoms with Crippen molar-refractivity contribution in [1.82, 2.24) is 21.3 Å². The van der Waals surface area contributed by atoms with Crippen LogP contribution < -0.4 is 54.4 Å². The van der Waals surface area contributed by atoms with Gasteiger partial charge in [-0.3, -0.25) is 20.4 Å². The van der Waals surface area contributed by atoms with Gasteiger partial charge in [0.2, 0.25) is 11.8 Å². The molecule has 0 aliphatic rings. The number of nitrogens with one attached hydrogen (secondary N) is 6. The van der Waals surface area contributed by atoms with Crippen molar-refractivity contribution in [3.8, 4) is 0 Å². The van der Waals surface area contributed by atoms with Crippen LogP contribution in [0.2, 0.25) is 0 Å². The van der Waals surface area contributed by atoms with Gasteiger partial charge in [0, 0.05) is 13.1 Å². The van der Waals surface area contributed by atoms with Crippen molar-refractivity contribution in [1.29, 1.82) is 10.8 Å². The van der Waals surface area contributed by atoms with Crippen LogP contribution >= 0.6 is 0 Å². The van der Waals surface area contributed by atoms with Gasteiger partial charge < -0.3 is 64.0 Å². The first-order chi connectivity index (χ1) is 14.9. The van der Waals surface area contributed by atoms with Gasteiger partial charge in [0.25, 0.3) is 0 Å². The Balaban J connectivity index is -0.000000529. The van der Waals surface area contributed by atoms with Crippen molar-refractivity contribution in [3.05, 3.63) is 0 Å². The van der Waals surface area contributed by atoms with E-state index in [1.807, 2.05) is 0 Å². The van der Waals surface area contributed by atoms with Crippen LogP contribution in [0.15, 0.2) is 0 Å². The normalized spacial score (nSPS) is 11.2. The largest absolute Gasteiger partial charge is 2.00 e. The van der Waals surface area contributed by atoms with Crippen molar-refractivity contribution in [2.75, 3.05) is 26.2 Å². The molecule has 0 aromatic carbocycles. The van der Waals surface area contributed by atoms with Crippen LogP contribution in [-0.4, -0.2) is 73.9 Å². The molecule has 0 aromatic rings. The first-order valence-corrected chi connectivity index (χ1v) is 9.50. The van der Waals surface area contributed by atoms with Crippen LogP contribution in [0.3, 0.4) is 0 Å². The summed E-state index contributed by atoms with van der Waals surface area (Å²) in [7, 11) is 0. The van der Waals surface area contributed by atoms with E-state index < -0.39 is 35.8 Å². The Bertz CT molecular complexity index is 597. The van der Waals surface area contributed by atoms with Gasteiger partial charge in [-0.25, -0.2) is 0 Å². The number of guanidine groups is 2. The summed E-state index contributed by atoms with van der Waals surface area (Å²) in [5.74, 6) is -4.18. The van der Waals surface area contributed by atoms with E-state index in [-0.39, 0.29) is 54.9 Å². The molecule has 0 spiro atoms. The van der Waals surface area contributed by atoms with E-state index in [1.165, 1.54) is 0 Å². The summed E-state index contributed by atoms with van der Waals surface area (Å²) in [5, 5.41) is 44.4. The maximum Gasteiger partial charge on any atom is 2.00 e. The number of carbonyl (C=O) groups excluding carboxylic acids is 4. The Kier molecular flexibility index (Phi) is 21.7. The Morgan fingerprint density at radius 2 is 1.03 bits per heavy atom. The molecule has 2 amide bonds. The maximum absolute atomic E-state index is 10.9. The summed E-state index contributed by atoms with van der Waals surface area (Å²) in [6, 6.07) is -2.13. The Morgan fingerprint density at radius 1 is 0.727 bits per heavy atom. The Hall–Kier alpha value is -3.14. The van der Waals surface area contributed by atoms with Gasteiger partial charge in [0.15, 0.2) is 11.9 Å². The van der Waals surface area contributed by atoms with E-state index in [0.29, 0.717) is 25.9 Å². The monoisotopic (exact) mass is 515 g/mol. The van der Waals surface area contributed by atoms with Gasteiger partial charge in [0.05, 0.1) is 37.1 Å². The van der Waals surface area contributed by atoms with Gasteiger partial charge in [-0.1, -0.05) is 0 Å². The fourth-order valence-electron chi connectivity index (χ4n) is 2.06. The fourth-order valence-corrected chi connectivity index (χ4v) is 2.06. The predicted molar refractivity (Wildman–Crippen MR) is 110 cm³/mol. The van der Waals surface area contributed by atoms with Crippen molar-refractivity contribution in [3.63, 3.8) is 0 Å². The quantitative estimate of drug-likeness (QED) is 0.0446. The SMILES string of the molecule is N=C(N)NCCC[C@H](NC(=O)CN)C(=O)[O-].N=C(N)NCCC[C@H](NC(=O)CN)C(=O)[O-].[Mn+2]. The van der Waals surface area contributed by atoms with Crippen molar-refractivity contribution in [2.24, 2.45) is 22.9 Å². The summed E-state index contributed by atoms with van der Waals surface area (Å²) in [6.45, 7) is 0.181. The number of aliphatic carboxylic acids is 2. The van der Waals surface area contributed by atoms with Gasteiger partial charge in [-0.2, -0.15) is 0 Å². The third kappa shape index (κ3) is 21.9. The van der Waals surface area contributed by atoms with Gasteiger partial charge in [0.1, 0.15) is 0 Å². The van der Waals surface area contributed by atoms with Crippen molar-refractivity contribution >= 4 is 35.7 Å². The predicted octanol–water partition coefficient (Wildman–Crippen LogP) is -7.12. The van der Waals surface area contributed by atoms with Crippen LogP contribution in [0.25, 0.3) is 0 Å². The minimum atomic E-state index is -1.36. The molecule has 0 rings (SSSR count). The van der Waals surface area contributed by atoms with Crippen LogP contribution in [-0.2, 0) is 36.2 Å². The molecule has 17 heteroatoms. The molecule has 33 heavy (non-hydrogen) atoms. The molecule has 0 saturated carbocycles.